The second kappa shape index (κ2) is 3.96. The topological polar surface area (TPSA) is 46.5 Å². The van der Waals surface area contributed by atoms with E-state index in [1.54, 1.807) is 0 Å². The highest BCUT2D eigenvalue weighted by Crippen LogP contribution is 2.57. The Bertz CT molecular complexity index is 367. The fraction of sp³-hybridized carbons (Fsp3) is 0.933. The van der Waals surface area contributed by atoms with Crippen LogP contribution in [-0.2, 0) is 9.53 Å². The molecule has 0 bridgehead atoms. The molecule has 1 heterocycles. The maximum absolute atomic E-state index is 11.8. The molecular formula is C15H24O3. The summed E-state index contributed by atoms with van der Waals surface area (Å²) in [6.45, 7) is 6.46. The van der Waals surface area contributed by atoms with Gasteiger partial charge in [0.1, 0.15) is 6.10 Å². The molecule has 102 valence electrons. The quantitative estimate of drug-likeness (QED) is 0.673. The standard InChI is InChI=1S/C15H24O3/c1-8-10-4-6-15(3)7-5-11(16)9(2)12(15)13(10)18-14(8)17/h8-13,16H,4-7H2,1-3H3/t8-,9-,10-,11-,12+,13+,15-/m0/s1. The molecule has 3 fully saturated rings. The first-order chi connectivity index (χ1) is 8.44. The SMILES string of the molecule is C[C@@H]1[C@@H]2[C@@H]3OC(=O)[C@@H](C)[C@@H]3CC[C@@]2(C)CC[C@@H]1O. The van der Waals surface area contributed by atoms with E-state index < -0.39 is 0 Å². The van der Waals surface area contributed by atoms with Crippen molar-refractivity contribution in [3.8, 4) is 0 Å². The van der Waals surface area contributed by atoms with Gasteiger partial charge in [0.15, 0.2) is 0 Å². The predicted molar refractivity (Wildman–Crippen MR) is 67.8 cm³/mol. The largest absolute Gasteiger partial charge is 0.462 e. The Hall–Kier alpha value is -0.570. The predicted octanol–water partition coefficient (Wildman–Crippen LogP) is 2.37. The zero-order valence-corrected chi connectivity index (χ0v) is 11.6. The van der Waals surface area contributed by atoms with Crippen molar-refractivity contribution in [3.05, 3.63) is 0 Å². The van der Waals surface area contributed by atoms with E-state index in [1.807, 2.05) is 6.92 Å². The number of aliphatic hydroxyl groups excluding tert-OH is 1. The summed E-state index contributed by atoms with van der Waals surface area (Å²) in [5.41, 5.74) is 0.254. The third-order valence-electron chi connectivity index (χ3n) is 6.08. The van der Waals surface area contributed by atoms with Gasteiger partial charge < -0.3 is 9.84 Å². The molecule has 3 rings (SSSR count). The number of aliphatic hydroxyl groups is 1. The number of fused-ring (bicyclic) bond motifs is 3. The molecule has 3 aliphatic rings. The van der Waals surface area contributed by atoms with Crippen molar-refractivity contribution in [3.63, 3.8) is 0 Å². The van der Waals surface area contributed by atoms with Crippen molar-refractivity contribution in [1.82, 2.24) is 0 Å². The Morgan fingerprint density at radius 2 is 1.94 bits per heavy atom. The molecule has 0 aromatic heterocycles. The van der Waals surface area contributed by atoms with Crippen LogP contribution in [0.2, 0.25) is 0 Å². The minimum atomic E-state index is -0.226. The average molecular weight is 252 g/mol. The molecule has 1 saturated heterocycles. The van der Waals surface area contributed by atoms with Gasteiger partial charge in [-0.3, -0.25) is 4.79 Å². The van der Waals surface area contributed by atoms with Gasteiger partial charge in [0.05, 0.1) is 12.0 Å². The van der Waals surface area contributed by atoms with Gasteiger partial charge in [0, 0.05) is 11.8 Å². The maximum atomic E-state index is 11.8. The van der Waals surface area contributed by atoms with Gasteiger partial charge in [-0.05, 0) is 37.0 Å². The molecular weight excluding hydrogens is 228 g/mol. The lowest BCUT2D eigenvalue weighted by Gasteiger charge is -2.53. The maximum Gasteiger partial charge on any atom is 0.309 e. The van der Waals surface area contributed by atoms with Crippen molar-refractivity contribution in [2.75, 3.05) is 0 Å². The smallest absolute Gasteiger partial charge is 0.309 e. The summed E-state index contributed by atoms with van der Waals surface area (Å²) in [6, 6.07) is 0. The molecule has 2 aliphatic carbocycles. The van der Waals surface area contributed by atoms with Crippen LogP contribution < -0.4 is 0 Å². The van der Waals surface area contributed by atoms with E-state index in [0.717, 1.165) is 19.3 Å². The number of esters is 1. The highest BCUT2D eigenvalue weighted by Gasteiger charge is 2.58. The number of ether oxygens (including phenoxy) is 1. The Kier molecular flexibility index (Phi) is 2.74. The first-order valence-corrected chi connectivity index (χ1v) is 7.32. The molecule has 3 heteroatoms. The van der Waals surface area contributed by atoms with Crippen molar-refractivity contribution in [2.45, 2.75) is 58.7 Å². The lowest BCUT2D eigenvalue weighted by molar-refractivity contribution is -0.159. The van der Waals surface area contributed by atoms with Crippen LogP contribution in [0.5, 0.6) is 0 Å². The van der Waals surface area contributed by atoms with Crippen molar-refractivity contribution < 1.29 is 14.6 Å². The van der Waals surface area contributed by atoms with Crippen molar-refractivity contribution >= 4 is 5.97 Å². The van der Waals surface area contributed by atoms with E-state index in [0.29, 0.717) is 11.8 Å². The van der Waals surface area contributed by atoms with E-state index in [4.69, 9.17) is 4.74 Å². The van der Waals surface area contributed by atoms with Crippen molar-refractivity contribution in [1.29, 1.82) is 0 Å². The van der Waals surface area contributed by atoms with E-state index in [2.05, 4.69) is 13.8 Å². The van der Waals surface area contributed by atoms with Crippen LogP contribution in [0.25, 0.3) is 0 Å². The third-order valence-corrected chi connectivity index (χ3v) is 6.08. The fourth-order valence-electron chi connectivity index (χ4n) is 4.81. The van der Waals surface area contributed by atoms with Crippen LogP contribution in [0.4, 0.5) is 0 Å². The second-order valence-corrected chi connectivity index (χ2v) is 7.04. The number of rotatable bonds is 0. The van der Waals surface area contributed by atoms with Gasteiger partial charge in [0.2, 0.25) is 0 Å². The molecule has 3 nitrogen and oxygen atoms in total. The summed E-state index contributed by atoms with van der Waals surface area (Å²) < 4.78 is 5.68. The second-order valence-electron chi connectivity index (χ2n) is 7.04. The average Bonchev–Trinajstić information content (AvgIpc) is 2.60. The highest BCUT2D eigenvalue weighted by molar-refractivity contribution is 5.75. The molecule has 0 unspecified atom stereocenters. The van der Waals surface area contributed by atoms with Gasteiger partial charge in [-0.25, -0.2) is 0 Å². The van der Waals surface area contributed by atoms with Crippen LogP contribution >= 0.6 is 0 Å². The van der Waals surface area contributed by atoms with Crippen LogP contribution in [0.15, 0.2) is 0 Å². The number of carbonyl (C=O) groups excluding carboxylic acids is 1. The molecule has 7 atom stereocenters. The van der Waals surface area contributed by atoms with Crippen LogP contribution in [0.3, 0.4) is 0 Å². The lowest BCUT2D eigenvalue weighted by atomic mass is 9.53. The van der Waals surface area contributed by atoms with Gasteiger partial charge in [-0.2, -0.15) is 0 Å². The minimum absolute atomic E-state index is 0.0264. The summed E-state index contributed by atoms with van der Waals surface area (Å²) in [5.74, 6) is 0.985. The van der Waals surface area contributed by atoms with E-state index in [-0.39, 0.29) is 35.4 Å². The first-order valence-electron chi connectivity index (χ1n) is 7.32. The Balaban J connectivity index is 1.93. The van der Waals surface area contributed by atoms with Gasteiger partial charge >= 0.3 is 5.97 Å². The normalized spacial score (nSPS) is 55.7. The zero-order valence-electron chi connectivity index (χ0n) is 11.6. The molecule has 2 saturated carbocycles. The first kappa shape index (κ1) is 12.5. The number of carbonyl (C=O) groups is 1. The molecule has 18 heavy (non-hydrogen) atoms. The summed E-state index contributed by atoms with van der Waals surface area (Å²) in [6.07, 6.45) is 4.07. The molecule has 0 amide bonds. The summed E-state index contributed by atoms with van der Waals surface area (Å²) in [7, 11) is 0. The van der Waals surface area contributed by atoms with E-state index in [9.17, 15) is 9.90 Å². The molecule has 1 N–H and O–H groups in total. The Labute approximate surface area is 109 Å². The molecule has 0 aromatic rings. The number of hydrogen-bond donors (Lipinski definition) is 1. The molecule has 0 spiro atoms. The Morgan fingerprint density at radius 1 is 1.28 bits per heavy atom. The Morgan fingerprint density at radius 3 is 2.67 bits per heavy atom. The van der Waals surface area contributed by atoms with Crippen LogP contribution in [-0.4, -0.2) is 23.3 Å². The molecule has 0 radical (unpaired) electrons. The van der Waals surface area contributed by atoms with E-state index >= 15 is 0 Å². The summed E-state index contributed by atoms with van der Waals surface area (Å²) in [4.78, 5) is 11.8. The summed E-state index contributed by atoms with van der Waals surface area (Å²) >= 11 is 0. The third kappa shape index (κ3) is 1.56. The summed E-state index contributed by atoms with van der Waals surface area (Å²) in [5, 5.41) is 10.1. The van der Waals surface area contributed by atoms with Gasteiger partial charge in [-0.1, -0.05) is 20.8 Å². The van der Waals surface area contributed by atoms with E-state index in [1.165, 1.54) is 6.42 Å². The molecule has 0 aromatic carbocycles. The molecule has 1 aliphatic heterocycles. The van der Waals surface area contributed by atoms with Crippen molar-refractivity contribution in [2.24, 2.45) is 29.1 Å². The fourth-order valence-corrected chi connectivity index (χ4v) is 4.81. The van der Waals surface area contributed by atoms with Gasteiger partial charge in [0.25, 0.3) is 0 Å². The van der Waals surface area contributed by atoms with Crippen LogP contribution in [0.1, 0.15) is 46.5 Å². The zero-order chi connectivity index (χ0) is 13.1. The monoisotopic (exact) mass is 252 g/mol. The van der Waals surface area contributed by atoms with Gasteiger partial charge in [-0.15, -0.1) is 0 Å². The lowest BCUT2D eigenvalue weighted by Crippen LogP contribution is -2.53. The minimum Gasteiger partial charge on any atom is -0.462 e. The number of hydrogen-bond acceptors (Lipinski definition) is 3. The van der Waals surface area contributed by atoms with Crippen LogP contribution in [0, 0.1) is 29.1 Å². The highest BCUT2D eigenvalue weighted by atomic mass is 16.6.